The Labute approximate surface area is 144 Å². The van der Waals surface area contributed by atoms with E-state index in [9.17, 15) is 9.59 Å². The van der Waals surface area contributed by atoms with Crippen molar-refractivity contribution in [3.05, 3.63) is 35.4 Å². The molecular weight excluding hydrogens is 304 g/mol. The van der Waals surface area contributed by atoms with Crippen LogP contribution in [0.15, 0.2) is 24.3 Å². The SMILES string of the molecule is CC(c1ccc(C(N)=O)cc1)C1CCN(C(=O)OC(C)(C)C)CC1. The van der Waals surface area contributed by atoms with E-state index >= 15 is 0 Å². The van der Waals surface area contributed by atoms with Gasteiger partial charge in [0.05, 0.1) is 0 Å². The van der Waals surface area contributed by atoms with Crippen molar-refractivity contribution >= 4 is 12.0 Å². The molecule has 2 amide bonds. The van der Waals surface area contributed by atoms with Crippen LogP contribution in [0, 0.1) is 5.92 Å². The first-order valence-corrected chi connectivity index (χ1v) is 8.55. The van der Waals surface area contributed by atoms with Gasteiger partial charge in [0.15, 0.2) is 0 Å². The standard InChI is InChI=1S/C19H28N2O3/c1-13(14-5-7-16(8-6-14)17(20)22)15-9-11-21(12-10-15)18(23)24-19(2,3)4/h5-8,13,15H,9-12H2,1-4H3,(H2,20,22). The van der Waals surface area contributed by atoms with Crippen LogP contribution in [0.1, 0.15) is 62.4 Å². The van der Waals surface area contributed by atoms with E-state index in [0.717, 1.165) is 25.9 Å². The van der Waals surface area contributed by atoms with Crippen LogP contribution in [-0.4, -0.2) is 35.6 Å². The number of piperidine rings is 1. The van der Waals surface area contributed by atoms with E-state index in [2.05, 4.69) is 6.92 Å². The number of hydrogen-bond donors (Lipinski definition) is 1. The van der Waals surface area contributed by atoms with E-state index in [-0.39, 0.29) is 6.09 Å². The molecule has 1 aliphatic rings. The van der Waals surface area contributed by atoms with Crippen molar-refractivity contribution in [1.82, 2.24) is 4.90 Å². The molecular formula is C19H28N2O3. The first-order valence-electron chi connectivity index (χ1n) is 8.55. The number of carbonyl (C=O) groups is 2. The summed E-state index contributed by atoms with van der Waals surface area (Å²) in [5, 5.41) is 0. The van der Waals surface area contributed by atoms with Gasteiger partial charge in [-0.05, 0) is 63.1 Å². The molecule has 0 aromatic heterocycles. The Morgan fingerprint density at radius 1 is 1.17 bits per heavy atom. The van der Waals surface area contributed by atoms with Gasteiger partial charge >= 0.3 is 6.09 Å². The third-order valence-corrected chi connectivity index (χ3v) is 4.62. The average Bonchev–Trinajstić information content (AvgIpc) is 2.53. The number of rotatable bonds is 3. The molecule has 0 radical (unpaired) electrons. The van der Waals surface area contributed by atoms with Gasteiger partial charge in [0.25, 0.3) is 0 Å². The molecule has 1 atom stereocenters. The van der Waals surface area contributed by atoms with Crippen molar-refractivity contribution in [3.8, 4) is 0 Å². The molecule has 5 heteroatoms. The fourth-order valence-corrected chi connectivity index (χ4v) is 3.13. The molecule has 5 nitrogen and oxygen atoms in total. The molecule has 2 rings (SSSR count). The molecule has 1 aliphatic heterocycles. The van der Waals surface area contributed by atoms with Gasteiger partial charge < -0.3 is 15.4 Å². The lowest BCUT2D eigenvalue weighted by Crippen LogP contribution is -2.42. The molecule has 0 bridgehead atoms. The highest BCUT2D eigenvalue weighted by molar-refractivity contribution is 5.92. The number of carbonyl (C=O) groups excluding carboxylic acids is 2. The van der Waals surface area contributed by atoms with Crippen LogP contribution in [0.4, 0.5) is 4.79 Å². The zero-order chi connectivity index (χ0) is 17.9. The molecule has 1 fully saturated rings. The number of benzene rings is 1. The molecule has 2 N–H and O–H groups in total. The van der Waals surface area contributed by atoms with Gasteiger partial charge in [-0.1, -0.05) is 19.1 Å². The first kappa shape index (κ1) is 18.3. The summed E-state index contributed by atoms with van der Waals surface area (Å²) in [5.74, 6) is 0.496. The summed E-state index contributed by atoms with van der Waals surface area (Å²) in [7, 11) is 0. The molecule has 1 aromatic carbocycles. The number of primary amides is 1. The topological polar surface area (TPSA) is 72.6 Å². The number of nitrogens with two attached hydrogens (primary N) is 1. The zero-order valence-electron chi connectivity index (χ0n) is 15.0. The predicted molar refractivity (Wildman–Crippen MR) is 93.9 cm³/mol. The van der Waals surface area contributed by atoms with Crippen LogP contribution < -0.4 is 5.73 Å². The van der Waals surface area contributed by atoms with Crippen LogP contribution in [0.2, 0.25) is 0 Å². The molecule has 1 heterocycles. The number of nitrogens with zero attached hydrogens (tertiary/aromatic N) is 1. The summed E-state index contributed by atoms with van der Waals surface area (Å²) in [4.78, 5) is 25.1. The summed E-state index contributed by atoms with van der Waals surface area (Å²) < 4.78 is 5.44. The lowest BCUT2D eigenvalue weighted by atomic mass is 9.81. The highest BCUT2D eigenvalue weighted by Gasteiger charge is 2.29. The van der Waals surface area contributed by atoms with Crippen molar-refractivity contribution in [2.24, 2.45) is 11.7 Å². The smallest absolute Gasteiger partial charge is 0.410 e. The van der Waals surface area contributed by atoms with Gasteiger partial charge in [-0.25, -0.2) is 4.79 Å². The summed E-state index contributed by atoms with van der Waals surface area (Å²) in [6.07, 6.45) is 1.69. The Bertz CT molecular complexity index is 582. The summed E-state index contributed by atoms with van der Waals surface area (Å²) in [5.41, 5.74) is 6.56. The molecule has 0 saturated carbocycles. The second-order valence-electron chi connectivity index (χ2n) is 7.58. The van der Waals surface area contributed by atoms with Crippen molar-refractivity contribution < 1.29 is 14.3 Å². The van der Waals surface area contributed by atoms with E-state index in [1.54, 1.807) is 17.0 Å². The van der Waals surface area contributed by atoms with E-state index in [4.69, 9.17) is 10.5 Å². The lowest BCUT2D eigenvalue weighted by Gasteiger charge is -2.36. The van der Waals surface area contributed by atoms with Crippen LogP contribution in [-0.2, 0) is 4.74 Å². The van der Waals surface area contributed by atoms with E-state index in [0.29, 0.717) is 17.4 Å². The van der Waals surface area contributed by atoms with Crippen molar-refractivity contribution in [3.63, 3.8) is 0 Å². The Balaban J connectivity index is 1.91. The third kappa shape index (κ3) is 4.73. The molecule has 132 valence electrons. The lowest BCUT2D eigenvalue weighted by molar-refractivity contribution is 0.0176. The quantitative estimate of drug-likeness (QED) is 0.920. The Hall–Kier alpha value is -2.04. The van der Waals surface area contributed by atoms with Crippen LogP contribution in [0.3, 0.4) is 0 Å². The molecule has 1 saturated heterocycles. The molecule has 1 aromatic rings. The Morgan fingerprint density at radius 3 is 2.17 bits per heavy atom. The van der Waals surface area contributed by atoms with Gasteiger partial charge in [0.2, 0.25) is 5.91 Å². The molecule has 0 spiro atoms. The van der Waals surface area contributed by atoms with Crippen molar-refractivity contribution in [1.29, 1.82) is 0 Å². The highest BCUT2D eigenvalue weighted by Crippen LogP contribution is 2.32. The average molecular weight is 332 g/mol. The number of hydrogen-bond acceptors (Lipinski definition) is 3. The minimum atomic E-state index is -0.455. The first-order chi connectivity index (χ1) is 11.2. The normalized spacial score (nSPS) is 17.4. The third-order valence-electron chi connectivity index (χ3n) is 4.62. The summed E-state index contributed by atoms with van der Waals surface area (Å²) >= 11 is 0. The summed E-state index contributed by atoms with van der Waals surface area (Å²) in [6, 6.07) is 7.52. The molecule has 24 heavy (non-hydrogen) atoms. The van der Waals surface area contributed by atoms with Crippen LogP contribution in [0.5, 0.6) is 0 Å². The minimum Gasteiger partial charge on any atom is -0.444 e. The Kier molecular flexibility index (Phi) is 5.52. The van der Waals surface area contributed by atoms with E-state index in [1.807, 2.05) is 32.9 Å². The van der Waals surface area contributed by atoms with Gasteiger partial charge in [-0.3, -0.25) is 4.79 Å². The molecule has 1 unspecified atom stereocenters. The van der Waals surface area contributed by atoms with Gasteiger partial charge in [-0.15, -0.1) is 0 Å². The monoisotopic (exact) mass is 332 g/mol. The van der Waals surface area contributed by atoms with Gasteiger partial charge in [0, 0.05) is 18.7 Å². The van der Waals surface area contributed by atoms with Gasteiger partial charge in [0.1, 0.15) is 5.60 Å². The second-order valence-corrected chi connectivity index (χ2v) is 7.58. The summed E-state index contributed by atoms with van der Waals surface area (Å²) in [6.45, 7) is 9.31. The zero-order valence-corrected chi connectivity index (χ0v) is 15.0. The number of amides is 2. The van der Waals surface area contributed by atoms with Gasteiger partial charge in [-0.2, -0.15) is 0 Å². The fraction of sp³-hybridized carbons (Fsp3) is 0.579. The fourth-order valence-electron chi connectivity index (χ4n) is 3.13. The Morgan fingerprint density at radius 2 is 1.71 bits per heavy atom. The maximum absolute atomic E-state index is 12.1. The van der Waals surface area contributed by atoms with E-state index in [1.165, 1.54) is 5.56 Å². The maximum atomic E-state index is 12.1. The highest BCUT2D eigenvalue weighted by atomic mass is 16.6. The number of ether oxygens (including phenoxy) is 1. The maximum Gasteiger partial charge on any atom is 0.410 e. The predicted octanol–water partition coefficient (Wildman–Crippen LogP) is 3.54. The number of likely N-dealkylation sites (tertiary alicyclic amines) is 1. The van der Waals surface area contributed by atoms with Crippen molar-refractivity contribution in [2.45, 2.75) is 52.1 Å². The minimum absolute atomic E-state index is 0.223. The second kappa shape index (κ2) is 7.24. The van der Waals surface area contributed by atoms with E-state index < -0.39 is 11.5 Å². The van der Waals surface area contributed by atoms with Crippen LogP contribution >= 0.6 is 0 Å². The van der Waals surface area contributed by atoms with Crippen molar-refractivity contribution in [2.75, 3.05) is 13.1 Å². The molecule has 0 aliphatic carbocycles. The van der Waals surface area contributed by atoms with Crippen LogP contribution in [0.25, 0.3) is 0 Å². The largest absolute Gasteiger partial charge is 0.444 e.